The number of aromatic nitrogens is 1. The van der Waals surface area contributed by atoms with Crippen molar-refractivity contribution in [1.82, 2.24) is 4.98 Å². The highest BCUT2D eigenvalue weighted by atomic mass is 16.5. The van der Waals surface area contributed by atoms with Gasteiger partial charge in [-0.05, 0) is 37.0 Å². The Morgan fingerprint density at radius 2 is 2.00 bits per heavy atom. The maximum absolute atomic E-state index is 12.1. The summed E-state index contributed by atoms with van der Waals surface area (Å²) < 4.78 is 5.20. The van der Waals surface area contributed by atoms with Crippen molar-refractivity contribution in [3.8, 4) is 0 Å². The summed E-state index contributed by atoms with van der Waals surface area (Å²) in [6.45, 7) is 6.40. The lowest BCUT2D eigenvalue weighted by atomic mass is 9.88. The molecule has 3 nitrogen and oxygen atoms in total. The van der Waals surface area contributed by atoms with Crippen molar-refractivity contribution in [2.75, 3.05) is 6.61 Å². The van der Waals surface area contributed by atoms with Gasteiger partial charge in [0.25, 0.3) is 0 Å². The van der Waals surface area contributed by atoms with Crippen LogP contribution in [0.25, 0.3) is 10.9 Å². The molecule has 0 aliphatic rings. The lowest BCUT2D eigenvalue weighted by Crippen LogP contribution is -2.25. The van der Waals surface area contributed by atoms with Crippen molar-refractivity contribution in [3.05, 3.63) is 42.1 Å². The third kappa shape index (κ3) is 3.16. The highest BCUT2D eigenvalue weighted by Crippen LogP contribution is 2.24. The van der Waals surface area contributed by atoms with Gasteiger partial charge in [-0.25, -0.2) is 0 Å². The molecule has 0 amide bonds. The Morgan fingerprint density at radius 1 is 1.25 bits per heavy atom. The van der Waals surface area contributed by atoms with E-state index in [0.29, 0.717) is 13.0 Å². The van der Waals surface area contributed by atoms with E-state index in [1.807, 2.05) is 31.2 Å². The second kappa shape index (κ2) is 6.51. The number of carbonyl (C=O) groups excluding carboxylic acids is 1. The minimum absolute atomic E-state index is 0.108. The van der Waals surface area contributed by atoms with Crippen LogP contribution in [0.4, 0.5) is 0 Å². The summed E-state index contributed by atoms with van der Waals surface area (Å²) in [4.78, 5) is 16.4. The fourth-order valence-electron chi connectivity index (χ4n) is 2.41. The number of hydrogen-bond donors (Lipinski definition) is 0. The highest BCUT2D eigenvalue weighted by Gasteiger charge is 2.24. The molecule has 20 heavy (non-hydrogen) atoms. The van der Waals surface area contributed by atoms with E-state index in [2.05, 4.69) is 24.9 Å². The summed E-state index contributed by atoms with van der Waals surface area (Å²) >= 11 is 0. The molecule has 0 spiro atoms. The van der Waals surface area contributed by atoms with Gasteiger partial charge in [-0.1, -0.05) is 32.0 Å². The highest BCUT2D eigenvalue weighted by molar-refractivity contribution is 5.83. The minimum Gasteiger partial charge on any atom is -0.466 e. The molecule has 106 valence electrons. The average Bonchev–Trinajstić information content (AvgIpc) is 2.44. The molecule has 1 heterocycles. The van der Waals surface area contributed by atoms with Crippen LogP contribution in [0.1, 0.15) is 26.3 Å². The predicted molar refractivity (Wildman–Crippen MR) is 80.4 cm³/mol. The lowest BCUT2D eigenvalue weighted by molar-refractivity contribution is -0.149. The Hall–Kier alpha value is -1.90. The maximum atomic E-state index is 12.1. The molecular formula is C17H21NO2. The molecule has 0 bridgehead atoms. The molecule has 0 N–H and O–H groups in total. The Kier molecular flexibility index (Phi) is 4.72. The third-order valence-electron chi connectivity index (χ3n) is 3.57. The van der Waals surface area contributed by atoms with Gasteiger partial charge in [-0.15, -0.1) is 0 Å². The van der Waals surface area contributed by atoms with Crippen molar-refractivity contribution in [3.63, 3.8) is 0 Å². The van der Waals surface area contributed by atoms with Crippen LogP contribution in [0.15, 0.2) is 36.5 Å². The number of benzene rings is 1. The summed E-state index contributed by atoms with van der Waals surface area (Å²) in [5, 5.41) is 1.12. The zero-order valence-electron chi connectivity index (χ0n) is 12.3. The van der Waals surface area contributed by atoms with Gasteiger partial charge >= 0.3 is 5.97 Å². The maximum Gasteiger partial charge on any atom is 0.309 e. The molecule has 1 aromatic heterocycles. The summed E-state index contributed by atoms with van der Waals surface area (Å²) in [5.41, 5.74) is 2.12. The van der Waals surface area contributed by atoms with E-state index in [-0.39, 0.29) is 17.8 Å². The van der Waals surface area contributed by atoms with Gasteiger partial charge in [-0.2, -0.15) is 0 Å². The number of ether oxygens (including phenoxy) is 1. The fraction of sp³-hybridized carbons (Fsp3) is 0.412. The summed E-state index contributed by atoms with van der Waals surface area (Å²) in [5.74, 6) is 0.0325. The van der Waals surface area contributed by atoms with E-state index in [4.69, 9.17) is 4.74 Å². The van der Waals surface area contributed by atoms with Crippen LogP contribution >= 0.6 is 0 Å². The van der Waals surface area contributed by atoms with Crippen molar-refractivity contribution < 1.29 is 9.53 Å². The molecule has 2 aromatic rings. The molecule has 3 heteroatoms. The van der Waals surface area contributed by atoms with E-state index in [1.54, 1.807) is 6.20 Å². The van der Waals surface area contributed by atoms with Crippen molar-refractivity contribution in [2.45, 2.75) is 27.2 Å². The van der Waals surface area contributed by atoms with Crippen molar-refractivity contribution >= 4 is 16.9 Å². The number of fused-ring (bicyclic) bond motifs is 1. The smallest absolute Gasteiger partial charge is 0.309 e. The van der Waals surface area contributed by atoms with Gasteiger partial charge in [0.2, 0.25) is 0 Å². The largest absolute Gasteiger partial charge is 0.466 e. The molecule has 2 rings (SSSR count). The number of esters is 1. The van der Waals surface area contributed by atoms with E-state index >= 15 is 0 Å². The summed E-state index contributed by atoms with van der Waals surface area (Å²) in [7, 11) is 0. The number of pyridine rings is 1. The molecule has 1 unspecified atom stereocenters. The van der Waals surface area contributed by atoms with Crippen LogP contribution in [0.3, 0.4) is 0 Å². The normalized spacial score (nSPS) is 12.6. The Bertz CT molecular complexity index is 587. The fourth-order valence-corrected chi connectivity index (χ4v) is 2.41. The van der Waals surface area contributed by atoms with Gasteiger partial charge in [0.15, 0.2) is 0 Å². The quantitative estimate of drug-likeness (QED) is 0.780. The first-order valence-corrected chi connectivity index (χ1v) is 7.12. The number of carbonyl (C=O) groups is 1. The first kappa shape index (κ1) is 14.5. The monoisotopic (exact) mass is 271 g/mol. The van der Waals surface area contributed by atoms with Gasteiger partial charge in [0, 0.05) is 11.6 Å². The van der Waals surface area contributed by atoms with E-state index in [1.165, 1.54) is 0 Å². The van der Waals surface area contributed by atoms with Gasteiger partial charge in [0.05, 0.1) is 18.0 Å². The van der Waals surface area contributed by atoms with E-state index in [9.17, 15) is 4.79 Å². The van der Waals surface area contributed by atoms with Gasteiger partial charge in [-0.3, -0.25) is 9.78 Å². The second-order valence-electron chi connectivity index (χ2n) is 5.29. The zero-order chi connectivity index (χ0) is 14.5. The topological polar surface area (TPSA) is 39.2 Å². The van der Waals surface area contributed by atoms with Crippen LogP contribution in [0.2, 0.25) is 0 Å². The minimum atomic E-state index is -0.110. The van der Waals surface area contributed by atoms with Gasteiger partial charge < -0.3 is 4.74 Å². The van der Waals surface area contributed by atoms with E-state index < -0.39 is 0 Å². The van der Waals surface area contributed by atoms with Crippen molar-refractivity contribution in [2.24, 2.45) is 11.8 Å². The zero-order valence-corrected chi connectivity index (χ0v) is 12.3. The summed E-state index contributed by atoms with van der Waals surface area (Å²) in [6, 6.07) is 10.0. The van der Waals surface area contributed by atoms with Crippen LogP contribution in [-0.2, 0) is 16.0 Å². The Morgan fingerprint density at radius 3 is 2.70 bits per heavy atom. The molecule has 0 aliphatic carbocycles. The Labute approximate surface area is 120 Å². The molecule has 0 aliphatic heterocycles. The molecule has 1 atom stereocenters. The predicted octanol–water partition coefficient (Wildman–Crippen LogP) is 3.61. The first-order chi connectivity index (χ1) is 9.63. The molecule has 0 saturated carbocycles. The third-order valence-corrected chi connectivity index (χ3v) is 3.57. The number of rotatable bonds is 5. The second-order valence-corrected chi connectivity index (χ2v) is 5.29. The van der Waals surface area contributed by atoms with Gasteiger partial charge in [0.1, 0.15) is 0 Å². The Balaban J connectivity index is 2.31. The van der Waals surface area contributed by atoms with Crippen LogP contribution in [-0.4, -0.2) is 17.6 Å². The molecular weight excluding hydrogens is 250 g/mol. The molecule has 0 fully saturated rings. The molecule has 0 saturated heterocycles. The average molecular weight is 271 g/mol. The number of nitrogens with zero attached hydrogens (tertiary/aromatic N) is 1. The number of para-hydroxylation sites is 1. The van der Waals surface area contributed by atoms with E-state index in [0.717, 1.165) is 16.5 Å². The summed E-state index contributed by atoms with van der Waals surface area (Å²) in [6.07, 6.45) is 2.50. The number of hydrogen-bond acceptors (Lipinski definition) is 3. The standard InChI is InChI=1S/C17H21NO2/c1-4-20-17(19)15(12(2)3)11-13-9-10-18-16-8-6-5-7-14(13)16/h5-10,12,15H,4,11H2,1-3H3. The lowest BCUT2D eigenvalue weighted by Gasteiger charge is -2.19. The van der Waals surface area contributed by atoms with Crippen molar-refractivity contribution in [1.29, 1.82) is 0 Å². The van der Waals surface area contributed by atoms with Crippen LogP contribution in [0, 0.1) is 11.8 Å². The molecule has 0 radical (unpaired) electrons. The van der Waals surface area contributed by atoms with Crippen LogP contribution in [0.5, 0.6) is 0 Å². The first-order valence-electron chi connectivity index (χ1n) is 7.12. The SMILES string of the molecule is CCOC(=O)C(Cc1ccnc2ccccc12)C(C)C. The molecule has 1 aromatic carbocycles. The van der Waals surface area contributed by atoms with Crippen LogP contribution < -0.4 is 0 Å².